The molecular weight excluding hydrogens is 501 g/mol. The molecular formula is C24H20ClF3N4O2S. The van der Waals surface area contributed by atoms with Crippen LogP contribution in [-0.4, -0.2) is 51.8 Å². The van der Waals surface area contributed by atoms with Crippen LogP contribution >= 0.6 is 23.4 Å². The third-order valence-corrected chi connectivity index (χ3v) is 7.74. The standard InChI is InChI=1S/C24H20ClF3N4O2S/c1-3-18(33)30-4-5-31(12(2)11-30)23-14-10-15(25)19(13-8-16(26)20(28)17(27)9-13)22-21(14)32(6-7-35-22)24(34)29-23/h3,8-10,12H,1,4-7,11H2,2H3/t12-/m0/s1. The van der Waals surface area contributed by atoms with Crippen LogP contribution in [0.5, 0.6) is 0 Å². The Hall–Kier alpha value is -2.98. The van der Waals surface area contributed by atoms with Gasteiger partial charge in [0.15, 0.2) is 17.5 Å². The number of rotatable bonds is 3. The number of carbonyl (C=O) groups excluding carboxylic acids is 1. The molecule has 2 aliphatic rings. The second-order valence-electron chi connectivity index (χ2n) is 8.46. The average molecular weight is 521 g/mol. The fourth-order valence-electron chi connectivity index (χ4n) is 4.74. The van der Waals surface area contributed by atoms with Crippen LogP contribution in [0.3, 0.4) is 0 Å². The normalized spacial score (nSPS) is 17.7. The van der Waals surface area contributed by atoms with E-state index in [0.717, 1.165) is 12.1 Å². The topological polar surface area (TPSA) is 58.4 Å². The largest absolute Gasteiger partial charge is 0.350 e. The zero-order valence-electron chi connectivity index (χ0n) is 18.7. The first-order valence-electron chi connectivity index (χ1n) is 10.9. The highest BCUT2D eigenvalue weighted by molar-refractivity contribution is 7.99. The molecule has 0 unspecified atom stereocenters. The van der Waals surface area contributed by atoms with Gasteiger partial charge in [-0.3, -0.25) is 9.36 Å². The molecule has 3 aromatic rings. The molecule has 0 aliphatic carbocycles. The van der Waals surface area contributed by atoms with Gasteiger partial charge in [0.05, 0.1) is 10.5 Å². The van der Waals surface area contributed by atoms with E-state index in [-0.39, 0.29) is 22.5 Å². The predicted molar refractivity (Wildman–Crippen MR) is 131 cm³/mol. The SMILES string of the molecule is C=CC(=O)N1CCN(c2nc(=O)n3c4c(c(-c5cc(F)c(F)c(F)c5)c(Cl)cc24)SCC3)[C@@H](C)C1. The summed E-state index contributed by atoms with van der Waals surface area (Å²) in [5.41, 5.74) is 0.537. The molecule has 2 aromatic carbocycles. The molecule has 1 saturated heterocycles. The fourth-order valence-corrected chi connectivity index (χ4v) is 6.31. The van der Waals surface area contributed by atoms with Gasteiger partial charge in [-0.1, -0.05) is 18.2 Å². The quantitative estimate of drug-likeness (QED) is 0.377. The van der Waals surface area contributed by atoms with Gasteiger partial charge in [-0.15, -0.1) is 11.8 Å². The van der Waals surface area contributed by atoms with Crippen molar-refractivity contribution in [3.8, 4) is 11.1 Å². The predicted octanol–water partition coefficient (Wildman–Crippen LogP) is 4.46. The molecule has 1 atom stereocenters. The van der Waals surface area contributed by atoms with E-state index in [9.17, 15) is 22.8 Å². The number of anilines is 1. The second kappa shape index (κ2) is 8.91. The van der Waals surface area contributed by atoms with Gasteiger partial charge in [-0.2, -0.15) is 4.98 Å². The molecule has 35 heavy (non-hydrogen) atoms. The Morgan fingerprint density at radius 1 is 1.20 bits per heavy atom. The van der Waals surface area contributed by atoms with Gasteiger partial charge in [0.25, 0.3) is 0 Å². The smallest absolute Gasteiger partial charge is 0.350 e. The summed E-state index contributed by atoms with van der Waals surface area (Å²) in [6.07, 6.45) is 1.27. The van der Waals surface area contributed by atoms with E-state index < -0.39 is 23.1 Å². The van der Waals surface area contributed by atoms with Gasteiger partial charge in [-0.25, -0.2) is 18.0 Å². The number of hydrogen-bond acceptors (Lipinski definition) is 5. The minimum Gasteiger partial charge on any atom is -0.350 e. The van der Waals surface area contributed by atoms with Crippen molar-refractivity contribution < 1.29 is 18.0 Å². The van der Waals surface area contributed by atoms with Gasteiger partial charge < -0.3 is 9.80 Å². The van der Waals surface area contributed by atoms with Gasteiger partial charge in [0.2, 0.25) is 5.91 Å². The second-order valence-corrected chi connectivity index (χ2v) is 9.97. The molecule has 2 aliphatic heterocycles. The van der Waals surface area contributed by atoms with Crippen LogP contribution < -0.4 is 10.6 Å². The Kier molecular flexibility index (Phi) is 6.04. The van der Waals surface area contributed by atoms with Gasteiger partial charge in [-0.05, 0) is 36.8 Å². The van der Waals surface area contributed by atoms with Crippen LogP contribution in [0.4, 0.5) is 19.0 Å². The number of piperazine rings is 1. The Labute approximate surface area is 208 Å². The third-order valence-electron chi connectivity index (χ3n) is 6.37. The molecule has 3 heterocycles. The molecule has 1 aromatic heterocycles. The molecule has 1 amide bonds. The highest BCUT2D eigenvalue weighted by Gasteiger charge is 2.31. The molecule has 11 heteroatoms. The van der Waals surface area contributed by atoms with E-state index >= 15 is 0 Å². The summed E-state index contributed by atoms with van der Waals surface area (Å²) in [6, 6.07) is 3.29. The zero-order valence-corrected chi connectivity index (χ0v) is 20.2. The number of aryl methyl sites for hydroxylation is 1. The fraction of sp³-hybridized carbons (Fsp3) is 0.292. The highest BCUT2D eigenvalue weighted by atomic mass is 35.5. The number of aromatic nitrogens is 2. The van der Waals surface area contributed by atoms with E-state index in [4.69, 9.17) is 11.6 Å². The van der Waals surface area contributed by atoms with E-state index in [1.807, 2.05) is 11.8 Å². The number of carbonyl (C=O) groups is 1. The van der Waals surface area contributed by atoms with Crippen LogP contribution in [0.25, 0.3) is 22.0 Å². The van der Waals surface area contributed by atoms with Crippen LogP contribution in [0.15, 0.2) is 40.5 Å². The molecule has 0 bridgehead atoms. The molecule has 5 rings (SSSR count). The van der Waals surface area contributed by atoms with Crippen molar-refractivity contribution in [2.75, 3.05) is 30.3 Å². The van der Waals surface area contributed by atoms with Crippen molar-refractivity contribution in [1.82, 2.24) is 14.5 Å². The number of hydrogen-bond donors (Lipinski definition) is 0. The first-order valence-corrected chi connectivity index (χ1v) is 12.3. The Bertz CT molecular complexity index is 1440. The maximum Gasteiger partial charge on any atom is 0.350 e. The molecule has 0 N–H and O–H groups in total. The lowest BCUT2D eigenvalue weighted by molar-refractivity contribution is -0.126. The summed E-state index contributed by atoms with van der Waals surface area (Å²) in [6.45, 7) is 7.19. The number of halogens is 4. The van der Waals surface area contributed by atoms with Crippen LogP contribution in [0.2, 0.25) is 5.02 Å². The maximum absolute atomic E-state index is 14.1. The number of amides is 1. The molecule has 182 valence electrons. The third kappa shape index (κ3) is 3.88. The first-order chi connectivity index (χ1) is 16.7. The minimum absolute atomic E-state index is 0.0833. The monoisotopic (exact) mass is 520 g/mol. The number of benzene rings is 2. The van der Waals surface area contributed by atoms with E-state index in [1.165, 1.54) is 22.4 Å². The minimum atomic E-state index is -1.56. The van der Waals surface area contributed by atoms with Crippen LogP contribution in [0.1, 0.15) is 6.92 Å². The summed E-state index contributed by atoms with van der Waals surface area (Å²) < 4.78 is 43.3. The zero-order chi connectivity index (χ0) is 25.0. The molecule has 0 spiro atoms. The lowest BCUT2D eigenvalue weighted by Gasteiger charge is -2.40. The molecule has 0 saturated carbocycles. The summed E-state index contributed by atoms with van der Waals surface area (Å²) in [5.74, 6) is -3.40. The van der Waals surface area contributed by atoms with Gasteiger partial charge in [0.1, 0.15) is 5.82 Å². The number of thioether (sulfide) groups is 1. The summed E-state index contributed by atoms with van der Waals surface area (Å²) in [7, 11) is 0. The Balaban J connectivity index is 1.71. The van der Waals surface area contributed by atoms with E-state index in [0.29, 0.717) is 59.1 Å². The molecule has 6 nitrogen and oxygen atoms in total. The van der Waals surface area contributed by atoms with Gasteiger partial charge in [0, 0.05) is 53.8 Å². The van der Waals surface area contributed by atoms with Crippen molar-refractivity contribution in [1.29, 1.82) is 0 Å². The average Bonchev–Trinajstić information content (AvgIpc) is 2.83. The highest BCUT2D eigenvalue weighted by Crippen LogP contribution is 2.46. The lowest BCUT2D eigenvalue weighted by atomic mass is 10.0. The number of nitrogens with zero attached hydrogens (tertiary/aromatic N) is 4. The van der Waals surface area contributed by atoms with Crippen molar-refractivity contribution in [2.24, 2.45) is 0 Å². The Morgan fingerprint density at radius 2 is 1.91 bits per heavy atom. The van der Waals surface area contributed by atoms with Crippen LogP contribution in [-0.2, 0) is 11.3 Å². The van der Waals surface area contributed by atoms with Crippen molar-refractivity contribution in [3.05, 3.63) is 63.8 Å². The van der Waals surface area contributed by atoms with Crippen LogP contribution in [0, 0.1) is 17.5 Å². The summed E-state index contributed by atoms with van der Waals surface area (Å²) in [4.78, 5) is 33.7. The van der Waals surface area contributed by atoms with Crippen molar-refractivity contribution in [2.45, 2.75) is 24.4 Å². The maximum atomic E-state index is 14.1. The molecule has 0 radical (unpaired) electrons. The summed E-state index contributed by atoms with van der Waals surface area (Å²) in [5, 5.41) is 0.827. The lowest BCUT2D eigenvalue weighted by Crippen LogP contribution is -2.54. The first kappa shape index (κ1) is 23.7. The van der Waals surface area contributed by atoms with Crippen molar-refractivity contribution in [3.63, 3.8) is 0 Å². The van der Waals surface area contributed by atoms with E-state index in [1.54, 1.807) is 11.0 Å². The summed E-state index contributed by atoms with van der Waals surface area (Å²) >= 11 is 8.08. The van der Waals surface area contributed by atoms with E-state index in [2.05, 4.69) is 11.6 Å². The van der Waals surface area contributed by atoms with Crippen molar-refractivity contribution >= 4 is 46.0 Å². The Morgan fingerprint density at radius 3 is 2.57 bits per heavy atom. The van der Waals surface area contributed by atoms with Gasteiger partial charge >= 0.3 is 5.69 Å². The molecule has 1 fully saturated rings.